The summed E-state index contributed by atoms with van der Waals surface area (Å²) >= 11 is 0. The second kappa shape index (κ2) is 9.43. The molecule has 1 unspecified atom stereocenters. The van der Waals surface area contributed by atoms with Crippen molar-refractivity contribution in [3.05, 3.63) is 59.2 Å². The average Bonchev–Trinajstić information content (AvgIpc) is 3.20. The Morgan fingerprint density at radius 3 is 2.45 bits per heavy atom. The lowest BCUT2D eigenvalue weighted by atomic mass is 10.0. The van der Waals surface area contributed by atoms with E-state index in [0.717, 1.165) is 12.0 Å². The molecule has 0 radical (unpaired) electrons. The predicted octanol–water partition coefficient (Wildman–Crippen LogP) is 2.13. The van der Waals surface area contributed by atoms with Crippen molar-refractivity contribution in [1.29, 1.82) is 0 Å². The van der Waals surface area contributed by atoms with Crippen LogP contribution in [0.2, 0.25) is 0 Å². The molecule has 2 N–H and O–H groups in total. The van der Waals surface area contributed by atoms with Gasteiger partial charge in [-0.05, 0) is 49.8 Å². The van der Waals surface area contributed by atoms with Crippen LogP contribution in [0.1, 0.15) is 34.5 Å². The highest BCUT2D eigenvalue weighted by Gasteiger charge is 2.18. The quantitative estimate of drug-likeness (QED) is 0.713. The summed E-state index contributed by atoms with van der Waals surface area (Å²) in [6.07, 6.45) is 0.993. The number of ether oxygens (including phenoxy) is 2. The van der Waals surface area contributed by atoms with E-state index >= 15 is 0 Å². The zero-order valence-electron chi connectivity index (χ0n) is 17.0. The summed E-state index contributed by atoms with van der Waals surface area (Å²) in [5.74, 6) is 0.569. The Morgan fingerprint density at radius 2 is 1.76 bits per heavy atom. The molecule has 0 spiro atoms. The van der Waals surface area contributed by atoms with Gasteiger partial charge < -0.3 is 25.0 Å². The van der Waals surface area contributed by atoms with Gasteiger partial charge in [0.1, 0.15) is 0 Å². The van der Waals surface area contributed by atoms with E-state index in [1.165, 1.54) is 5.56 Å². The number of nitrogens with one attached hydrogen (secondary N) is 2. The van der Waals surface area contributed by atoms with Gasteiger partial charge in [-0.3, -0.25) is 9.59 Å². The van der Waals surface area contributed by atoms with Gasteiger partial charge in [0.25, 0.3) is 5.91 Å². The number of rotatable bonds is 8. The minimum absolute atomic E-state index is 0.0504. The molecule has 3 rings (SSSR count). The van der Waals surface area contributed by atoms with Gasteiger partial charge in [0.2, 0.25) is 12.7 Å². The first kappa shape index (κ1) is 20.7. The molecule has 7 heteroatoms. The van der Waals surface area contributed by atoms with Gasteiger partial charge in [-0.1, -0.05) is 31.2 Å². The van der Waals surface area contributed by atoms with Crippen LogP contribution in [0.15, 0.2) is 42.5 Å². The molecule has 2 amide bonds. The number of carbonyl (C=O) groups is 2. The van der Waals surface area contributed by atoms with E-state index in [9.17, 15) is 9.59 Å². The lowest BCUT2D eigenvalue weighted by Crippen LogP contribution is -2.40. The first-order valence-corrected chi connectivity index (χ1v) is 9.67. The van der Waals surface area contributed by atoms with Crippen LogP contribution < -0.4 is 20.1 Å². The van der Waals surface area contributed by atoms with Crippen LogP contribution in [0.3, 0.4) is 0 Å². The minimum atomic E-state index is -0.335. The number of fused-ring (bicyclic) bond motifs is 1. The number of likely N-dealkylation sites (N-methyl/N-ethyl adjacent to an activating group) is 1. The number of aryl methyl sites for hydroxylation is 1. The zero-order chi connectivity index (χ0) is 20.8. The SMILES string of the molecule is CCc1ccc(C(CNC(=O)CNC(=O)c2ccc3c(c2)OCO3)N(C)C)cc1. The van der Waals surface area contributed by atoms with Crippen LogP contribution >= 0.6 is 0 Å². The molecular formula is C22H27N3O4. The molecule has 0 saturated heterocycles. The van der Waals surface area contributed by atoms with Crippen LogP contribution in [0.5, 0.6) is 11.5 Å². The lowest BCUT2D eigenvalue weighted by molar-refractivity contribution is -0.120. The summed E-state index contributed by atoms with van der Waals surface area (Å²) in [5, 5.41) is 5.54. The second-order valence-corrected chi connectivity index (χ2v) is 7.13. The highest BCUT2D eigenvalue weighted by Crippen LogP contribution is 2.32. The van der Waals surface area contributed by atoms with E-state index in [-0.39, 0.29) is 31.2 Å². The van der Waals surface area contributed by atoms with Gasteiger partial charge in [0.15, 0.2) is 11.5 Å². The van der Waals surface area contributed by atoms with Crippen molar-refractivity contribution >= 4 is 11.8 Å². The molecule has 0 fully saturated rings. The molecular weight excluding hydrogens is 370 g/mol. The van der Waals surface area contributed by atoms with Crippen molar-refractivity contribution in [2.24, 2.45) is 0 Å². The molecule has 29 heavy (non-hydrogen) atoms. The second-order valence-electron chi connectivity index (χ2n) is 7.13. The van der Waals surface area contributed by atoms with E-state index in [0.29, 0.717) is 23.6 Å². The first-order chi connectivity index (χ1) is 14.0. The summed E-state index contributed by atoms with van der Waals surface area (Å²) in [7, 11) is 3.96. The molecule has 0 aromatic heterocycles. The highest BCUT2D eigenvalue weighted by atomic mass is 16.7. The van der Waals surface area contributed by atoms with Crippen LogP contribution in [0, 0.1) is 0 Å². The van der Waals surface area contributed by atoms with Gasteiger partial charge in [-0.25, -0.2) is 0 Å². The normalized spacial score (nSPS) is 13.2. The fraction of sp³-hybridized carbons (Fsp3) is 0.364. The molecule has 1 atom stereocenters. The van der Waals surface area contributed by atoms with E-state index in [2.05, 4.69) is 46.7 Å². The fourth-order valence-corrected chi connectivity index (χ4v) is 3.15. The highest BCUT2D eigenvalue weighted by molar-refractivity contribution is 5.97. The molecule has 154 valence electrons. The molecule has 0 aliphatic carbocycles. The van der Waals surface area contributed by atoms with Gasteiger partial charge in [0, 0.05) is 12.1 Å². The summed E-state index contributed by atoms with van der Waals surface area (Å²) in [5.41, 5.74) is 2.84. The monoisotopic (exact) mass is 397 g/mol. The number of nitrogens with zero attached hydrogens (tertiary/aromatic N) is 1. The fourth-order valence-electron chi connectivity index (χ4n) is 3.15. The zero-order valence-corrected chi connectivity index (χ0v) is 17.0. The Bertz CT molecular complexity index is 865. The van der Waals surface area contributed by atoms with Gasteiger partial charge >= 0.3 is 0 Å². The Balaban J connectivity index is 1.50. The average molecular weight is 397 g/mol. The van der Waals surface area contributed by atoms with E-state index in [1.807, 2.05) is 14.1 Å². The summed E-state index contributed by atoms with van der Waals surface area (Å²) in [6, 6.07) is 13.4. The molecule has 2 aromatic rings. The molecule has 7 nitrogen and oxygen atoms in total. The number of hydrogen-bond donors (Lipinski definition) is 2. The molecule has 1 aliphatic rings. The van der Waals surface area contributed by atoms with Crippen LogP contribution in [0.4, 0.5) is 0 Å². The van der Waals surface area contributed by atoms with E-state index in [1.54, 1.807) is 18.2 Å². The van der Waals surface area contributed by atoms with Crippen molar-refractivity contribution in [2.75, 3.05) is 34.0 Å². The van der Waals surface area contributed by atoms with E-state index in [4.69, 9.17) is 9.47 Å². The van der Waals surface area contributed by atoms with Crippen molar-refractivity contribution < 1.29 is 19.1 Å². The maximum absolute atomic E-state index is 12.3. The third kappa shape index (κ3) is 5.26. The Kier molecular flexibility index (Phi) is 6.72. The predicted molar refractivity (Wildman–Crippen MR) is 110 cm³/mol. The molecule has 1 aliphatic heterocycles. The van der Waals surface area contributed by atoms with Gasteiger partial charge in [-0.2, -0.15) is 0 Å². The van der Waals surface area contributed by atoms with Crippen LogP contribution in [-0.4, -0.2) is 50.7 Å². The molecule has 0 saturated carbocycles. The van der Waals surface area contributed by atoms with Gasteiger partial charge in [0.05, 0.1) is 12.6 Å². The van der Waals surface area contributed by atoms with E-state index < -0.39 is 0 Å². The Hall–Kier alpha value is -3.06. The number of benzene rings is 2. The molecule has 0 bridgehead atoms. The number of carbonyl (C=O) groups excluding carboxylic acids is 2. The topological polar surface area (TPSA) is 79.9 Å². The van der Waals surface area contributed by atoms with Crippen molar-refractivity contribution in [1.82, 2.24) is 15.5 Å². The van der Waals surface area contributed by atoms with Crippen molar-refractivity contribution in [2.45, 2.75) is 19.4 Å². The smallest absolute Gasteiger partial charge is 0.251 e. The summed E-state index contributed by atoms with van der Waals surface area (Å²) in [6.45, 7) is 2.63. The largest absolute Gasteiger partial charge is 0.454 e. The summed E-state index contributed by atoms with van der Waals surface area (Å²) < 4.78 is 10.5. The standard InChI is InChI=1S/C22H27N3O4/c1-4-15-5-7-16(8-6-15)18(25(2)3)12-23-21(26)13-24-22(27)17-9-10-19-20(11-17)29-14-28-19/h5-11,18H,4,12-14H2,1-3H3,(H,23,26)(H,24,27). The maximum Gasteiger partial charge on any atom is 0.251 e. The lowest BCUT2D eigenvalue weighted by Gasteiger charge is -2.25. The number of amides is 2. The maximum atomic E-state index is 12.3. The van der Waals surface area contributed by atoms with Crippen molar-refractivity contribution in [3.8, 4) is 11.5 Å². The summed E-state index contributed by atoms with van der Waals surface area (Å²) in [4.78, 5) is 26.6. The Morgan fingerprint density at radius 1 is 1.03 bits per heavy atom. The Labute approximate surface area is 171 Å². The molecule has 2 aromatic carbocycles. The number of hydrogen-bond acceptors (Lipinski definition) is 5. The van der Waals surface area contributed by atoms with Crippen LogP contribution in [-0.2, 0) is 11.2 Å². The molecule has 1 heterocycles. The first-order valence-electron chi connectivity index (χ1n) is 9.67. The third-order valence-corrected chi connectivity index (χ3v) is 4.93. The van der Waals surface area contributed by atoms with Crippen molar-refractivity contribution in [3.63, 3.8) is 0 Å². The minimum Gasteiger partial charge on any atom is -0.454 e. The van der Waals surface area contributed by atoms with Gasteiger partial charge in [-0.15, -0.1) is 0 Å². The van der Waals surface area contributed by atoms with Crippen LogP contribution in [0.25, 0.3) is 0 Å². The third-order valence-electron chi connectivity index (χ3n) is 4.93.